The Morgan fingerprint density at radius 2 is 1.97 bits per heavy atom. The molecule has 2 aromatic rings. The first-order valence-corrected chi connectivity index (χ1v) is 12.5. The summed E-state index contributed by atoms with van der Waals surface area (Å²) < 4.78 is 6.35. The van der Waals surface area contributed by atoms with Crippen LogP contribution in [-0.4, -0.2) is 50.8 Å². The maximum atomic E-state index is 13.7. The molecule has 0 unspecified atom stereocenters. The number of benzene rings is 2. The summed E-state index contributed by atoms with van der Waals surface area (Å²) in [6, 6.07) is 18.3. The molecule has 0 fully saturated rings. The number of nitrogens with one attached hydrogen (secondary N) is 1. The molecule has 2 aromatic carbocycles. The highest BCUT2D eigenvalue weighted by Crippen LogP contribution is 2.26. The number of hydrogen-bond acceptors (Lipinski definition) is 5. The Hall–Kier alpha value is -3.48. The summed E-state index contributed by atoms with van der Waals surface area (Å²) >= 11 is 0. The van der Waals surface area contributed by atoms with Gasteiger partial charge in [0, 0.05) is 37.7 Å². The first kappa shape index (κ1) is 27.1. The topological polar surface area (TPSA) is 57.2 Å². The van der Waals surface area contributed by atoms with Crippen molar-refractivity contribution in [2.24, 2.45) is 4.99 Å². The number of carbonyl (C=O) groups excluding carboxylic acids is 1. The van der Waals surface area contributed by atoms with Crippen molar-refractivity contribution in [3.05, 3.63) is 102 Å². The summed E-state index contributed by atoms with van der Waals surface area (Å²) in [5, 5.41) is 3.21. The van der Waals surface area contributed by atoms with Gasteiger partial charge in [-0.1, -0.05) is 62.5 Å². The first-order valence-electron chi connectivity index (χ1n) is 12.5. The van der Waals surface area contributed by atoms with Crippen molar-refractivity contribution in [3.63, 3.8) is 0 Å². The molecule has 1 N–H and O–H groups in total. The highest BCUT2D eigenvalue weighted by atomic mass is 16.5. The fourth-order valence-corrected chi connectivity index (χ4v) is 4.11. The molecule has 0 aliphatic carbocycles. The monoisotopic (exact) mass is 486 g/mol. The number of nitrogens with zero attached hydrogens (tertiary/aromatic N) is 3. The third-order valence-corrected chi connectivity index (χ3v) is 6.30. The molecule has 1 aliphatic heterocycles. The van der Waals surface area contributed by atoms with Crippen LogP contribution < -0.4 is 10.2 Å². The van der Waals surface area contributed by atoms with Gasteiger partial charge in [-0.15, -0.1) is 0 Å². The second-order valence-electron chi connectivity index (χ2n) is 8.83. The lowest BCUT2D eigenvalue weighted by atomic mass is 10.1. The van der Waals surface area contributed by atoms with Crippen LogP contribution >= 0.6 is 0 Å². The fraction of sp³-hybridized carbons (Fsp3) is 0.333. The third-order valence-electron chi connectivity index (χ3n) is 6.30. The summed E-state index contributed by atoms with van der Waals surface area (Å²) in [4.78, 5) is 21.9. The van der Waals surface area contributed by atoms with Gasteiger partial charge in [0.15, 0.2) is 0 Å². The van der Waals surface area contributed by atoms with Gasteiger partial charge >= 0.3 is 0 Å². The van der Waals surface area contributed by atoms with E-state index in [1.807, 2.05) is 73.3 Å². The van der Waals surface area contributed by atoms with Crippen LogP contribution in [0.15, 0.2) is 95.8 Å². The molecule has 0 saturated carbocycles. The minimum atomic E-state index is -0.101. The van der Waals surface area contributed by atoms with Crippen LogP contribution in [0, 0.1) is 0 Å². The standard InChI is InChI=1S/C30H38N4O2/c1-6-23(3)32-21-27-28(7-2)33(5)18-19-34(30(27)35)26-15-11-12-24(20-26)22-36-29(16-17-31-4)25-13-9-8-10-14-25/h7-15,20-21,29,31H,2-3,6,16-19,22H2,1,4-5H3/b32-21-/t29-/m1/s1. The number of aliphatic imine (C=N–C) groups is 1. The van der Waals surface area contributed by atoms with E-state index < -0.39 is 0 Å². The summed E-state index contributed by atoms with van der Waals surface area (Å²) in [6.07, 6.45) is 4.93. The van der Waals surface area contributed by atoms with E-state index in [0.717, 1.165) is 47.6 Å². The van der Waals surface area contributed by atoms with E-state index in [2.05, 4.69) is 35.6 Å². The second-order valence-corrected chi connectivity index (χ2v) is 8.83. The number of anilines is 1. The van der Waals surface area contributed by atoms with E-state index in [1.54, 1.807) is 12.3 Å². The average molecular weight is 487 g/mol. The zero-order valence-electron chi connectivity index (χ0n) is 21.7. The Balaban J connectivity index is 1.83. The first-order chi connectivity index (χ1) is 17.5. The van der Waals surface area contributed by atoms with Crippen LogP contribution in [0.2, 0.25) is 0 Å². The second kappa shape index (κ2) is 13.6. The Morgan fingerprint density at radius 3 is 2.67 bits per heavy atom. The average Bonchev–Trinajstić information content (AvgIpc) is 3.03. The molecule has 1 aliphatic rings. The van der Waals surface area contributed by atoms with Crippen LogP contribution in [0.25, 0.3) is 0 Å². The van der Waals surface area contributed by atoms with Crippen LogP contribution in [0.1, 0.15) is 37.0 Å². The van der Waals surface area contributed by atoms with Crippen molar-refractivity contribution in [3.8, 4) is 0 Å². The molecule has 0 radical (unpaired) electrons. The number of ether oxygens (including phenoxy) is 1. The number of rotatable bonds is 12. The lowest BCUT2D eigenvalue weighted by Gasteiger charge is -2.23. The SMILES string of the molecule is C=CC1=C(/C=N\C(=C)CC)C(=O)N(c2cccc(CO[C@H](CCNC)c3ccccc3)c2)CCN1C. The number of carbonyl (C=O) groups is 1. The minimum Gasteiger partial charge on any atom is -0.372 e. The molecule has 1 amide bonds. The van der Waals surface area contributed by atoms with E-state index in [9.17, 15) is 4.79 Å². The predicted molar refractivity (Wildman–Crippen MR) is 149 cm³/mol. The number of amides is 1. The summed E-state index contributed by atoms with van der Waals surface area (Å²) in [7, 11) is 3.92. The summed E-state index contributed by atoms with van der Waals surface area (Å²) in [6.45, 7) is 12.4. The predicted octanol–water partition coefficient (Wildman–Crippen LogP) is 5.27. The molecule has 0 spiro atoms. The van der Waals surface area contributed by atoms with Crippen molar-refractivity contribution in [1.82, 2.24) is 10.2 Å². The molecule has 0 saturated heterocycles. The zero-order valence-corrected chi connectivity index (χ0v) is 21.7. The maximum absolute atomic E-state index is 13.7. The highest BCUT2D eigenvalue weighted by Gasteiger charge is 2.27. The molecule has 6 heteroatoms. The van der Waals surface area contributed by atoms with Crippen LogP contribution in [0.3, 0.4) is 0 Å². The van der Waals surface area contributed by atoms with Gasteiger partial charge in [-0.25, -0.2) is 0 Å². The van der Waals surface area contributed by atoms with Crippen LogP contribution in [0.4, 0.5) is 5.69 Å². The number of allylic oxidation sites excluding steroid dienone is 2. The molecular formula is C30H38N4O2. The van der Waals surface area contributed by atoms with Crippen molar-refractivity contribution < 1.29 is 9.53 Å². The van der Waals surface area contributed by atoms with Crippen LogP contribution in [0.5, 0.6) is 0 Å². The third kappa shape index (κ3) is 7.03. The van der Waals surface area contributed by atoms with E-state index in [4.69, 9.17) is 4.74 Å². The Morgan fingerprint density at radius 1 is 1.19 bits per heavy atom. The van der Waals surface area contributed by atoms with Gasteiger partial charge in [0.25, 0.3) is 5.91 Å². The molecule has 1 atom stereocenters. The molecule has 1 heterocycles. The van der Waals surface area contributed by atoms with Crippen molar-refractivity contribution >= 4 is 17.8 Å². The number of hydrogen-bond donors (Lipinski definition) is 1. The van der Waals surface area contributed by atoms with E-state index in [1.165, 1.54) is 0 Å². The van der Waals surface area contributed by atoms with Crippen molar-refractivity contribution in [2.75, 3.05) is 38.6 Å². The summed E-state index contributed by atoms with van der Waals surface area (Å²) in [5.74, 6) is -0.101. The molecule has 3 rings (SSSR count). The lowest BCUT2D eigenvalue weighted by Crippen LogP contribution is -2.34. The molecule has 36 heavy (non-hydrogen) atoms. The van der Waals surface area contributed by atoms with Gasteiger partial charge in [0.2, 0.25) is 0 Å². The molecule has 0 aromatic heterocycles. The van der Waals surface area contributed by atoms with Gasteiger partial charge in [-0.3, -0.25) is 9.79 Å². The van der Waals surface area contributed by atoms with Gasteiger partial charge in [0.05, 0.1) is 24.0 Å². The van der Waals surface area contributed by atoms with Gasteiger partial charge in [-0.05, 0) is 55.8 Å². The van der Waals surface area contributed by atoms with E-state index >= 15 is 0 Å². The van der Waals surface area contributed by atoms with Gasteiger partial charge in [0.1, 0.15) is 0 Å². The Bertz CT molecular complexity index is 1110. The van der Waals surface area contributed by atoms with E-state index in [0.29, 0.717) is 25.3 Å². The minimum absolute atomic E-state index is 0.0108. The van der Waals surface area contributed by atoms with Crippen molar-refractivity contribution in [1.29, 1.82) is 0 Å². The molecule has 190 valence electrons. The fourth-order valence-electron chi connectivity index (χ4n) is 4.11. The normalized spacial score (nSPS) is 15.4. The Kier molecular flexibility index (Phi) is 10.2. The lowest BCUT2D eigenvalue weighted by molar-refractivity contribution is -0.114. The van der Waals surface area contributed by atoms with Gasteiger partial charge in [-0.2, -0.15) is 0 Å². The zero-order chi connectivity index (χ0) is 25.9. The molecule has 6 nitrogen and oxygen atoms in total. The maximum Gasteiger partial charge on any atom is 0.262 e. The number of likely N-dealkylation sites (N-methyl/N-ethyl adjacent to an activating group) is 1. The molecular weight excluding hydrogens is 448 g/mol. The smallest absolute Gasteiger partial charge is 0.262 e. The van der Waals surface area contributed by atoms with Gasteiger partial charge < -0.3 is 19.9 Å². The largest absolute Gasteiger partial charge is 0.372 e. The van der Waals surface area contributed by atoms with Crippen molar-refractivity contribution in [2.45, 2.75) is 32.5 Å². The van der Waals surface area contributed by atoms with E-state index in [-0.39, 0.29) is 12.0 Å². The Labute approximate surface area is 215 Å². The van der Waals surface area contributed by atoms with Crippen LogP contribution in [-0.2, 0) is 16.1 Å². The summed E-state index contributed by atoms with van der Waals surface area (Å²) in [5.41, 5.74) is 5.02. The highest BCUT2D eigenvalue weighted by molar-refractivity contribution is 6.20. The quantitative estimate of drug-likeness (QED) is 0.416. The molecule has 0 bridgehead atoms.